The van der Waals surface area contributed by atoms with Gasteiger partial charge in [0.2, 0.25) is 0 Å². The lowest BCUT2D eigenvalue weighted by Gasteiger charge is -2.28. The molecule has 13 heteroatoms. The van der Waals surface area contributed by atoms with Gasteiger partial charge in [-0.1, -0.05) is 111 Å². The van der Waals surface area contributed by atoms with E-state index in [0.717, 1.165) is 49.0 Å². The summed E-state index contributed by atoms with van der Waals surface area (Å²) >= 11 is 0. The molecular formula is C62H62O13. The monoisotopic (exact) mass is 1010 g/mol. The predicted octanol–water partition coefficient (Wildman–Crippen LogP) is 11.8. The van der Waals surface area contributed by atoms with Crippen LogP contribution in [-0.4, -0.2) is 54.6 Å². The maximum atomic E-state index is 12.5. The summed E-state index contributed by atoms with van der Waals surface area (Å²) < 4.78 is 36.7. The minimum Gasteiger partial charge on any atom is -0.494 e. The smallest absolute Gasteiger partial charge is 0.390 e. The number of carbonyl (C=O) groups excluding carboxylic acids is 6. The topological polar surface area (TPSA) is 167 Å². The minimum absolute atomic E-state index is 0. The van der Waals surface area contributed by atoms with Crippen LogP contribution in [0, 0.1) is 37.5 Å². The number of hydrogen-bond donors (Lipinski definition) is 0. The Bertz CT molecular complexity index is 2770. The molecule has 0 saturated heterocycles. The Morgan fingerprint density at radius 2 is 0.760 bits per heavy atom. The van der Waals surface area contributed by atoms with E-state index in [0.29, 0.717) is 66.4 Å². The van der Waals surface area contributed by atoms with Gasteiger partial charge in [0.05, 0.1) is 17.7 Å². The molecule has 1 fully saturated rings. The second-order valence-corrected chi connectivity index (χ2v) is 17.0. The Labute approximate surface area is 439 Å². The van der Waals surface area contributed by atoms with Crippen LogP contribution in [0.2, 0.25) is 0 Å². The fraction of sp³-hybridized carbons (Fsp3) is 0.258. The van der Waals surface area contributed by atoms with E-state index in [4.69, 9.17) is 33.2 Å². The van der Waals surface area contributed by atoms with Crippen LogP contribution in [-0.2, 0) is 35.1 Å². The van der Waals surface area contributed by atoms with Gasteiger partial charge in [0, 0.05) is 25.1 Å². The molecule has 0 bridgehead atoms. The Hall–Kier alpha value is -8.94. The molecule has 0 amide bonds. The zero-order valence-electron chi connectivity index (χ0n) is 42.5. The van der Waals surface area contributed by atoms with Gasteiger partial charge in [0.25, 0.3) is 0 Å². The molecule has 0 unspecified atom stereocenters. The van der Waals surface area contributed by atoms with Crippen LogP contribution in [0.15, 0.2) is 158 Å². The Morgan fingerprint density at radius 1 is 0.427 bits per heavy atom. The highest BCUT2D eigenvalue weighted by molar-refractivity contribution is 6.00. The molecule has 0 aliphatic heterocycles. The van der Waals surface area contributed by atoms with Crippen molar-refractivity contribution in [2.24, 2.45) is 0 Å². The SMILES string of the molecule is CCCCOc1ccc(C(=O)OC2CCC(OC(=O)c3ccc(CCCC)cc3)CC2)cc1.Cc1ccc(OC(=O)C#CC(=O)Oc2ccc(C)cc2)cc1.O=C(C#CC(=O)Oc1ccccc1)Oc1ccccc1.[HH]. The van der Waals surface area contributed by atoms with Gasteiger partial charge in [-0.2, -0.15) is 0 Å². The van der Waals surface area contributed by atoms with Crippen LogP contribution in [0.25, 0.3) is 0 Å². The minimum atomic E-state index is -0.818. The maximum Gasteiger partial charge on any atom is 0.390 e. The summed E-state index contributed by atoms with van der Waals surface area (Å²) in [7, 11) is 0. The van der Waals surface area contributed by atoms with E-state index in [9.17, 15) is 28.8 Å². The predicted molar refractivity (Wildman–Crippen MR) is 284 cm³/mol. The summed E-state index contributed by atoms with van der Waals surface area (Å²) in [6, 6.07) is 45.6. The number of ether oxygens (including phenoxy) is 7. The van der Waals surface area contributed by atoms with E-state index in [1.54, 1.807) is 109 Å². The van der Waals surface area contributed by atoms with Crippen LogP contribution >= 0.6 is 0 Å². The van der Waals surface area contributed by atoms with Crippen molar-refractivity contribution in [3.8, 4) is 52.4 Å². The van der Waals surface area contributed by atoms with E-state index in [1.165, 1.54) is 5.56 Å². The van der Waals surface area contributed by atoms with Crippen LogP contribution in [0.4, 0.5) is 0 Å². The van der Waals surface area contributed by atoms with Gasteiger partial charge in [-0.15, -0.1) is 0 Å². The first-order valence-electron chi connectivity index (χ1n) is 24.7. The van der Waals surface area contributed by atoms with E-state index in [1.807, 2.05) is 62.4 Å². The molecule has 13 nitrogen and oxygen atoms in total. The molecule has 0 spiro atoms. The van der Waals surface area contributed by atoms with Gasteiger partial charge >= 0.3 is 35.8 Å². The normalized spacial score (nSPS) is 13.0. The van der Waals surface area contributed by atoms with Gasteiger partial charge < -0.3 is 33.2 Å². The molecule has 0 aromatic heterocycles. The summed E-state index contributed by atoms with van der Waals surface area (Å²) in [6.07, 6.45) is 7.92. The summed E-state index contributed by atoms with van der Waals surface area (Å²) in [5, 5.41) is 0. The molecule has 7 rings (SSSR count). The highest BCUT2D eigenvalue weighted by atomic mass is 16.6. The third kappa shape index (κ3) is 22.2. The van der Waals surface area contributed by atoms with E-state index in [2.05, 4.69) is 37.5 Å². The molecule has 75 heavy (non-hydrogen) atoms. The fourth-order valence-electron chi connectivity index (χ4n) is 6.84. The van der Waals surface area contributed by atoms with Crippen LogP contribution in [0.1, 0.15) is 104 Å². The summed E-state index contributed by atoms with van der Waals surface area (Å²) in [5.41, 5.74) is 4.45. The highest BCUT2D eigenvalue weighted by Gasteiger charge is 2.27. The van der Waals surface area contributed by atoms with Gasteiger partial charge in [0.15, 0.2) is 0 Å². The number of para-hydroxylation sites is 2. The summed E-state index contributed by atoms with van der Waals surface area (Å²) in [5.74, 6) is 6.68. The number of esters is 6. The average Bonchev–Trinajstić information content (AvgIpc) is 3.42. The quantitative estimate of drug-likeness (QED) is 0.0314. The largest absolute Gasteiger partial charge is 0.494 e. The Balaban J connectivity index is 0.000000255. The number of unbranched alkanes of at least 4 members (excludes halogenated alkanes) is 2. The van der Waals surface area contributed by atoms with Gasteiger partial charge in [-0.25, -0.2) is 28.8 Å². The number of carbonyl (C=O) groups is 6. The standard InChI is InChI=1S/C28H36O5.C18H14O4.C16H10O4.H2/c1-3-5-7-21-8-10-22(11-9-21)27(29)32-25-16-18-26(19-17-25)33-28(30)23-12-14-24(15-13-23)31-20-6-4-2;1-13-3-7-15(8-4-13)21-17(19)11-12-18(20)22-16-9-5-14(2)6-10-16;17-15(19-13-7-3-1-4-8-13)11-12-16(18)20-14-9-5-2-6-10-14;/h8-15,25-26H,3-7,16-20H2,1-2H3;3-10H,1-2H3;1-10H;1H. The zero-order chi connectivity index (χ0) is 53.6. The number of aryl methyl sites for hydroxylation is 3. The van der Waals surface area contributed by atoms with E-state index < -0.39 is 23.9 Å². The van der Waals surface area contributed by atoms with Gasteiger partial charge in [-0.05, 0) is 149 Å². The first-order chi connectivity index (χ1) is 36.3. The second kappa shape index (κ2) is 31.5. The molecule has 1 aliphatic carbocycles. The lowest BCUT2D eigenvalue weighted by molar-refractivity contribution is -0.130. The molecular weight excluding hydrogens is 953 g/mol. The van der Waals surface area contributed by atoms with Crippen molar-refractivity contribution in [3.05, 3.63) is 186 Å². The lowest BCUT2D eigenvalue weighted by Crippen LogP contribution is -2.29. The number of rotatable bonds is 15. The van der Waals surface area contributed by atoms with Crippen molar-refractivity contribution < 1.29 is 63.4 Å². The number of hydrogen-bond acceptors (Lipinski definition) is 13. The first-order valence-corrected chi connectivity index (χ1v) is 24.7. The van der Waals surface area contributed by atoms with Crippen molar-refractivity contribution in [2.75, 3.05) is 6.61 Å². The zero-order valence-corrected chi connectivity index (χ0v) is 42.5. The third-order valence-corrected chi connectivity index (χ3v) is 10.9. The van der Waals surface area contributed by atoms with E-state index >= 15 is 0 Å². The Kier molecular flexibility index (Phi) is 23.9. The molecule has 0 heterocycles. The second-order valence-electron chi connectivity index (χ2n) is 17.0. The van der Waals surface area contributed by atoms with Crippen molar-refractivity contribution in [2.45, 2.75) is 97.7 Å². The highest BCUT2D eigenvalue weighted by Crippen LogP contribution is 2.26. The molecule has 6 aromatic rings. The molecule has 6 aromatic carbocycles. The average molecular weight is 1020 g/mol. The summed E-state index contributed by atoms with van der Waals surface area (Å²) in [4.78, 5) is 70.7. The van der Waals surface area contributed by atoms with Crippen molar-refractivity contribution in [1.29, 1.82) is 0 Å². The maximum absolute atomic E-state index is 12.5. The lowest BCUT2D eigenvalue weighted by atomic mass is 9.94. The Morgan fingerprint density at radius 3 is 1.12 bits per heavy atom. The van der Waals surface area contributed by atoms with Crippen LogP contribution < -0.4 is 23.7 Å². The van der Waals surface area contributed by atoms with Crippen molar-refractivity contribution in [1.82, 2.24) is 0 Å². The van der Waals surface area contributed by atoms with Gasteiger partial charge in [-0.3, -0.25) is 0 Å². The van der Waals surface area contributed by atoms with Gasteiger partial charge in [0.1, 0.15) is 41.0 Å². The van der Waals surface area contributed by atoms with Crippen molar-refractivity contribution in [3.63, 3.8) is 0 Å². The molecule has 1 saturated carbocycles. The van der Waals surface area contributed by atoms with E-state index in [-0.39, 0.29) is 25.6 Å². The first kappa shape index (κ1) is 57.0. The number of benzene rings is 6. The fourth-order valence-corrected chi connectivity index (χ4v) is 6.84. The molecule has 0 atom stereocenters. The molecule has 1 aliphatic rings. The van der Waals surface area contributed by atoms with Crippen LogP contribution in [0.5, 0.6) is 28.7 Å². The molecule has 0 radical (unpaired) electrons. The molecule has 388 valence electrons. The van der Waals surface area contributed by atoms with Crippen molar-refractivity contribution >= 4 is 35.8 Å². The third-order valence-electron chi connectivity index (χ3n) is 10.9. The van der Waals surface area contributed by atoms with Crippen LogP contribution in [0.3, 0.4) is 0 Å². The summed E-state index contributed by atoms with van der Waals surface area (Å²) in [6.45, 7) is 8.81. The molecule has 0 N–H and O–H groups in total.